The third-order valence-electron chi connectivity index (χ3n) is 4.40. The lowest BCUT2D eigenvalue weighted by molar-refractivity contribution is 0.171. The van der Waals surface area contributed by atoms with E-state index in [0.717, 1.165) is 15.2 Å². The smallest absolute Gasteiger partial charge is 0.243 e. The standard InChI is InChI=1S/C18H18N2O4S2/c1-12(18-19-14-5-3-4-6-17(14)25-18)20(2)26(21,22)13-7-8-15-16(11-13)24-10-9-23-15/h3-8,11-12H,9-10H2,1-2H3. The molecule has 0 radical (unpaired) electrons. The minimum Gasteiger partial charge on any atom is -0.486 e. The zero-order valence-electron chi connectivity index (χ0n) is 14.4. The van der Waals surface area contributed by atoms with Gasteiger partial charge in [0.25, 0.3) is 0 Å². The zero-order valence-corrected chi connectivity index (χ0v) is 16.0. The first-order valence-electron chi connectivity index (χ1n) is 8.20. The van der Waals surface area contributed by atoms with Gasteiger partial charge in [0.1, 0.15) is 18.2 Å². The van der Waals surface area contributed by atoms with Crippen molar-refractivity contribution in [2.75, 3.05) is 20.3 Å². The monoisotopic (exact) mass is 390 g/mol. The first-order valence-corrected chi connectivity index (χ1v) is 10.5. The van der Waals surface area contributed by atoms with Crippen LogP contribution in [0.2, 0.25) is 0 Å². The van der Waals surface area contributed by atoms with Crippen molar-refractivity contribution in [3.63, 3.8) is 0 Å². The fraction of sp³-hybridized carbons (Fsp3) is 0.278. The predicted octanol–water partition coefficient (Wildman–Crippen LogP) is 3.45. The Labute approximate surface area is 156 Å². The minimum absolute atomic E-state index is 0.178. The number of hydrogen-bond donors (Lipinski definition) is 0. The van der Waals surface area contributed by atoms with Gasteiger partial charge in [0, 0.05) is 13.1 Å². The molecular formula is C18H18N2O4S2. The molecule has 136 valence electrons. The summed E-state index contributed by atoms with van der Waals surface area (Å²) in [7, 11) is -2.12. The fourth-order valence-electron chi connectivity index (χ4n) is 2.78. The first kappa shape index (κ1) is 17.3. The van der Waals surface area contributed by atoms with Crippen LogP contribution in [0.1, 0.15) is 18.0 Å². The van der Waals surface area contributed by atoms with Crippen molar-refractivity contribution in [1.82, 2.24) is 9.29 Å². The topological polar surface area (TPSA) is 68.7 Å². The molecule has 0 N–H and O–H groups in total. The lowest BCUT2D eigenvalue weighted by Gasteiger charge is -2.24. The Morgan fingerprint density at radius 2 is 1.85 bits per heavy atom. The molecule has 0 fully saturated rings. The molecule has 4 rings (SSSR count). The van der Waals surface area contributed by atoms with Gasteiger partial charge >= 0.3 is 0 Å². The molecule has 6 nitrogen and oxygen atoms in total. The number of thiazole rings is 1. The number of benzene rings is 2. The molecule has 0 bridgehead atoms. The summed E-state index contributed by atoms with van der Waals surface area (Å²) in [4.78, 5) is 4.76. The third-order valence-corrected chi connectivity index (χ3v) is 7.53. The number of ether oxygens (including phenoxy) is 2. The molecule has 0 saturated carbocycles. The number of nitrogens with zero attached hydrogens (tertiary/aromatic N) is 2. The fourth-order valence-corrected chi connectivity index (χ4v) is 5.26. The highest BCUT2D eigenvalue weighted by molar-refractivity contribution is 7.89. The molecule has 0 saturated heterocycles. The molecule has 1 aromatic heterocycles. The molecule has 1 aliphatic heterocycles. The Hall–Kier alpha value is -2.16. The van der Waals surface area contributed by atoms with E-state index in [9.17, 15) is 8.42 Å². The van der Waals surface area contributed by atoms with Gasteiger partial charge in [-0.15, -0.1) is 11.3 Å². The van der Waals surface area contributed by atoms with E-state index in [2.05, 4.69) is 4.98 Å². The summed E-state index contributed by atoms with van der Waals surface area (Å²) in [6.45, 7) is 2.72. The highest BCUT2D eigenvalue weighted by Crippen LogP contribution is 2.35. The van der Waals surface area contributed by atoms with E-state index < -0.39 is 10.0 Å². The molecule has 0 spiro atoms. The van der Waals surface area contributed by atoms with Crippen LogP contribution < -0.4 is 9.47 Å². The van der Waals surface area contributed by atoms with Crippen molar-refractivity contribution in [1.29, 1.82) is 0 Å². The summed E-state index contributed by atoms with van der Waals surface area (Å²) in [6.07, 6.45) is 0. The lowest BCUT2D eigenvalue weighted by Crippen LogP contribution is -2.30. The van der Waals surface area contributed by atoms with Crippen LogP contribution in [-0.2, 0) is 10.0 Å². The average Bonchev–Trinajstić information content (AvgIpc) is 3.10. The maximum absolute atomic E-state index is 13.1. The molecule has 0 aliphatic carbocycles. The van der Waals surface area contributed by atoms with Crippen LogP contribution in [0.15, 0.2) is 47.4 Å². The van der Waals surface area contributed by atoms with Crippen molar-refractivity contribution in [2.45, 2.75) is 17.9 Å². The van der Waals surface area contributed by atoms with Gasteiger partial charge < -0.3 is 9.47 Å². The number of hydrogen-bond acceptors (Lipinski definition) is 6. The zero-order chi connectivity index (χ0) is 18.3. The maximum Gasteiger partial charge on any atom is 0.243 e. The molecule has 1 atom stereocenters. The average molecular weight is 390 g/mol. The van der Waals surface area contributed by atoms with Crippen molar-refractivity contribution in [3.8, 4) is 11.5 Å². The molecule has 2 aromatic carbocycles. The number of fused-ring (bicyclic) bond motifs is 2. The molecule has 26 heavy (non-hydrogen) atoms. The molecule has 3 aromatic rings. The van der Waals surface area contributed by atoms with E-state index in [1.54, 1.807) is 19.2 Å². The summed E-state index contributed by atoms with van der Waals surface area (Å²) < 4.78 is 39.5. The van der Waals surface area contributed by atoms with Gasteiger partial charge in [-0.2, -0.15) is 4.31 Å². The normalized spacial score (nSPS) is 15.3. The number of para-hydroxylation sites is 1. The van der Waals surface area contributed by atoms with Gasteiger partial charge in [0.2, 0.25) is 10.0 Å². The van der Waals surface area contributed by atoms with Gasteiger partial charge in [-0.1, -0.05) is 12.1 Å². The summed E-state index contributed by atoms with van der Waals surface area (Å²) in [5.74, 6) is 1.02. The summed E-state index contributed by atoms with van der Waals surface area (Å²) >= 11 is 1.51. The predicted molar refractivity (Wildman–Crippen MR) is 100 cm³/mol. The maximum atomic E-state index is 13.1. The Morgan fingerprint density at radius 1 is 1.12 bits per heavy atom. The first-order chi connectivity index (χ1) is 12.5. The highest BCUT2D eigenvalue weighted by atomic mass is 32.2. The largest absolute Gasteiger partial charge is 0.486 e. The van der Waals surface area contributed by atoms with Crippen LogP contribution in [0.25, 0.3) is 10.2 Å². The van der Waals surface area contributed by atoms with Gasteiger partial charge in [-0.25, -0.2) is 13.4 Å². The second-order valence-electron chi connectivity index (χ2n) is 6.02. The van der Waals surface area contributed by atoms with E-state index >= 15 is 0 Å². The van der Waals surface area contributed by atoms with E-state index in [4.69, 9.17) is 9.47 Å². The van der Waals surface area contributed by atoms with Gasteiger partial charge in [0.05, 0.1) is 21.2 Å². The number of aromatic nitrogens is 1. The molecule has 2 heterocycles. The van der Waals surface area contributed by atoms with Gasteiger partial charge in [-0.3, -0.25) is 0 Å². The summed E-state index contributed by atoms with van der Waals surface area (Å²) in [5, 5.41) is 0.759. The Kier molecular flexibility index (Phi) is 4.34. The van der Waals surface area contributed by atoms with E-state index in [1.807, 2.05) is 31.2 Å². The van der Waals surface area contributed by atoms with Crippen LogP contribution in [0.5, 0.6) is 11.5 Å². The summed E-state index contributed by atoms with van der Waals surface area (Å²) in [6, 6.07) is 12.1. The third kappa shape index (κ3) is 2.94. The second kappa shape index (κ2) is 6.53. The van der Waals surface area contributed by atoms with E-state index in [-0.39, 0.29) is 10.9 Å². The van der Waals surface area contributed by atoms with Crippen LogP contribution in [0.4, 0.5) is 0 Å². The van der Waals surface area contributed by atoms with E-state index in [1.165, 1.54) is 21.7 Å². The van der Waals surface area contributed by atoms with Gasteiger partial charge in [0.15, 0.2) is 11.5 Å². The SMILES string of the molecule is CC(c1nc2ccccc2s1)N(C)S(=O)(=O)c1ccc2c(c1)OCCO2. The molecular weight excluding hydrogens is 372 g/mol. The van der Waals surface area contributed by atoms with Crippen LogP contribution in [-0.4, -0.2) is 38.0 Å². The molecule has 1 unspecified atom stereocenters. The minimum atomic E-state index is -3.69. The quantitative estimate of drug-likeness (QED) is 0.682. The molecule has 8 heteroatoms. The van der Waals surface area contributed by atoms with Crippen molar-refractivity contribution < 1.29 is 17.9 Å². The van der Waals surface area contributed by atoms with Gasteiger partial charge in [-0.05, 0) is 31.2 Å². The molecule has 0 amide bonds. The Balaban J connectivity index is 1.66. The Morgan fingerprint density at radius 3 is 2.62 bits per heavy atom. The van der Waals surface area contributed by atoms with Crippen molar-refractivity contribution in [2.24, 2.45) is 0 Å². The van der Waals surface area contributed by atoms with E-state index in [0.29, 0.717) is 24.7 Å². The highest BCUT2D eigenvalue weighted by Gasteiger charge is 2.29. The van der Waals surface area contributed by atoms with Crippen LogP contribution >= 0.6 is 11.3 Å². The molecule has 1 aliphatic rings. The summed E-state index contributed by atoms with van der Waals surface area (Å²) in [5.41, 5.74) is 0.879. The van der Waals surface area contributed by atoms with Crippen molar-refractivity contribution in [3.05, 3.63) is 47.5 Å². The Bertz CT molecular complexity index is 1030. The lowest BCUT2D eigenvalue weighted by atomic mass is 10.3. The van der Waals surface area contributed by atoms with Crippen LogP contribution in [0.3, 0.4) is 0 Å². The van der Waals surface area contributed by atoms with Crippen LogP contribution in [0, 0.1) is 0 Å². The second-order valence-corrected chi connectivity index (χ2v) is 9.08. The number of sulfonamides is 1. The number of rotatable bonds is 4. The van der Waals surface area contributed by atoms with Crippen molar-refractivity contribution >= 4 is 31.6 Å².